The van der Waals surface area contributed by atoms with Crippen molar-refractivity contribution in [2.45, 2.75) is 44.6 Å². The minimum atomic E-state index is 0.343. The predicted molar refractivity (Wildman–Crippen MR) is 86.1 cm³/mol. The third kappa shape index (κ3) is 3.35. The van der Waals surface area contributed by atoms with Crippen molar-refractivity contribution in [3.63, 3.8) is 0 Å². The topological polar surface area (TPSA) is 51.0 Å². The molecular formula is C16H20BrN3O. The van der Waals surface area contributed by atoms with Gasteiger partial charge in [0.2, 0.25) is 11.7 Å². The van der Waals surface area contributed by atoms with E-state index in [9.17, 15) is 0 Å². The van der Waals surface area contributed by atoms with Gasteiger partial charge in [-0.25, -0.2) is 0 Å². The van der Waals surface area contributed by atoms with Gasteiger partial charge < -0.3 is 9.84 Å². The zero-order chi connectivity index (χ0) is 14.7. The fourth-order valence-corrected chi connectivity index (χ4v) is 3.30. The molecule has 0 radical (unpaired) electrons. The number of halogens is 1. The van der Waals surface area contributed by atoms with E-state index in [1.54, 1.807) is 0 Å². The molecule has 5 heteroatoms. The van der Waals surface area contributed by atoms with Crippen LogP contribution in [0.15, 0.2) is 33.3 Å². The van der Waals surface area contributed by atoms with Crippen LogP contribution in [0.3, 0.4) is 0 Å². The Morgan fingerprint density at radius 2 is 2.00 bits per heavy atom. The summed E-state index contributed by atoms with van der Waals surface area (Å²) < 4.78 is 6.60. The summed E-state index contributed by atoms with van der Waals surface area (Å²) >= 11 is 3.44. The standard InChI is InChI=1S/C16H20BrN3O/c1-2-18-14-6-4-3-5-13(14)16-19-15(20-21-16)11-7-9-12(17)10-8-11/h7-10,13-14,18H,2-6H2,1H3. The largest absolute Gasteiger partial charge is 0.339 e. The fourth-order valence-electron chi connectivity index (χ4n) is 3.03. The second-order valence-corrected chi connectivity index (χ2v) is 6.43. The van der Waals surface area contributed by atoms with E-state index in [1.165, 1.54) is 19.3 Å². The van der Waals surface area contributed by atoms with Crippen LogP contribution in [0.4, 0.5) is 0 Å². The highest BCUT2D eigenvalue weighted by molar-refractivity contribution is 9.10. The maximum absolute atomic E-state index is 5.55. The first-order valence-corrected chi connectivity index (χ1v) is 8.40. The fraction of sp³-hybridized carbons (Fsp3) is 0.500. The smallest absolute Gasteiger partial charge is 0.231 e. The van der Waals surface area contributed by atoms with Crippen LogP contribution in [0.5, 0.6) is 0 Å². The molecule has 4 nitrogen and oxygen atoms in total. The Bertz CT molecular complexity index is 579. The Morgan fingerprint density at radius 3 is 2.76 bits per heavy atom. The van der Waals surface area contributed by atoms with Gasteiger partial charge in [-0.1, -0.05) is 40.9 Å². The van der Waals surface area contributed by atoms with E-state index in [2.05, 4.69) is 38.3 Å². The molecule has 1 aliphatic rings. The normalized spacial score (nSPS) is 22.4. The van der Waals surface area contributed by atoms with Crippen LogP contribution in [0, 0.1) is 0 Å². The molecule has 21 heavy (non-hydrogen) atoms. The Kier molecular flexibility index (Phi) is 4.70. The number of hydrogen-bond donors (Lipinski definition) is 1. The molecular weight excluding hydrogens is 330 g/mol. The number of likely N-dealkylation sites (N-methyl/N-ethyl adjacent to an activating group) is 1. The number of nitrogens with one attached hydrogen (secondary N) is 1. The van der Waals surface area contributed by atoms with Gasteiger partial charge in [-0.05, 0) is 43.7 Å². The van der Waals surface area contributed by atoms with Gasteiger partial charge in [-0.3, -0.25) is 0 Å². The Morgan fingerprint density at radius 1 is 1.24 bits per heavy atom. The lowest BCUT2D eigenvalue weighted by atomic mass is 9.84. The summed E-state index contributed by atoms with van der Waals surface area (Å²) in [5.74, 6) is 1.80. The van der Waals surface area contributed by atoms with Crippen LogP contribution < -0.4 is 5.32 Å². The number of nitrogens with zero attached hydrogens (tertiary/aromatic N) is 2. The molecule has 1 aromatic carbocycles. The zero-order valence-electron chi connectivity index (χ0n) is 12.2. The van der Waals surface area contributed by atoms with Crippen molar-refractivity contribution in [2.75, 3.05) is 6.54 Å². The van der Waals surface area contributed by atoms with Gasteiger partial charge in [0.05, 0.1) is 5.92 Å². The molecule has 3 rings (SSSR count). The Balaban J connectivity index is 1.81. The maximum Gasteiger partial charge on any atom is 0.231 e. The predicted octanol–water partition coefficient (Wildman–Crippen LogP) is 4.13. The zero-order valence-corrected chi connectivity index (χ0v) is 13.8. The van der Waals surface area contributed by atoms with Crippen molar-refractivity contribution in [3.05, 3.63) is 34.6 Å². The second kappa shape index (κ2) is 6.71. The summed E-state index contributed by atoms with van der Waals surface area (Å²) in [7, 11) is 0. The quantitative estimate of drug-likeness (QED) is 0.901. The van der Waals surface area contributed by atoms with E-state index < -0.39 is 0 Å². The van der Waals surface area contributed by atoms with Gasteiger partial charge in [-0.2, -0.15) is 4.98 Å². The van der Waals surface area contributed by atoms with Crippen LogP contribution in [-0.2, 0) is 0 Å². The van der Waals surface area contributed by atoms with Gasteiger partial charge in [0.25, 0.3) is 0 Å². The molecule has 1 heterocycles. The van der Waals surface area contributed by atoms with Crippen LogP contribution in [0.2, 0.25) is 0 Å². The van der Waals surface area contributed by atoms with Crippen molar-refractivity contribution < 1.29 is 4.52 Å². The number of rotatable bonds is 4. The minimum absolute atomic E-state index is 0.343. The lowest BCUT2D eigenvalue weighted by Crippen LogP contribution is -2.37. The summed E-state index contributed by atoms with van der Waals surface area (Å²) in [6.45, 7) is 3.13. The molecule has 0 aliphatic heterocycles. The van der Waals surface area contributed by atoms with E-state index in [0.29, 0.717) is 17.8 Å². The Labute approximate surface area is 133 Å². The molecule has 0 spiro atoms. The van der Waals surface area contributed by atoms with Gasteiger partial charge in [0, 0.05) is 16.1 Å². The van der Waals surface area contributed by atoms with Gasteiger partial charge in [0.1, 0.15) is 0 Å². The minimum Gasteiger partial charge on any atom is -0.339 e. The molecule has 1 saturated carbocycles. The number of aromatic nitrogens is 2. The average molecular weight is 350 g/mol. The van der Waals surface area contributed by atoms with Crippen molar-refractivity contribution in [2.24, 2.45) is 0 Å². The Hall–Kier alpha value is -1.20. The van der Waals surface area contributed by atoms with Crippen molar-refractivity contribution in [1.29, 1.82) is 0 Å². The highest BCUT2D eigenvalue weighted by Crippen LogP contribution is 2.33. The second-order valence-electron chi connectivity index (χ2n) is 5.52. The summed E-state index contributed by atoms with van der Waals surface area (Å²) in [6, 6.07) is 8.45. The highest BCUT2D eigenvalue weighted by Gasteiger charge is 2.30. The number of hydrogen-bond acceptors (Lipinski definition) is 4. The molecule has 112 valence electrons. The third-order valence-electron chi connectivity index (χ3n) is 4.09. The monoisotopic (exact) mass is 349 g/mol. The molecule has 1 N–H and O–H groups in total. The lowest BCUT2D eigenvalue weighted by Gasteiger charge is -2.29. The average Bonchev–Trinajstić information content (AvgIpc) is 2.99. The molecule has 0 saturated heterocycles. The first kappa shape index (κ1) is 14.7. The molecule has 1 aliphatic carbocycles. The maximum atomic E-state index is 5.55. The van der Waals surface area contributed by atoms with E-state index >= 15 is 0 Å². The summed E-state index contributed by atoms with van der Waals surface area (Å²) in [5.41, 5.74) is 0.990. The van der Waals surface area contributed by atoms with Crippen LogP contribution in [0.25, 0.3) is 11.4 Å². The van der Waals surface area contributed by atoms with Crippen LogP contribution in [0.1, 0.15) is 44.4 Å². The van der Waals surface area contributed by atoms with Gasteiger partial charge in [0.15, 0.2) is 0 Å². The van der Waals surface area contributed by atoms with Crippen LogP contribution >= 0.6 is 15.9 Å². The first-order chi connectivity index (χ1) is 10.3. The van der Waals surface area contributed by atoms with E-state index in [-0.39, 0.29) is 0 Å². The summed E-state index contributed by atoms with van der Waals surface area (Å²) in [6.07, 6.45) is 4.83. The van der Waals surface area contributed by atoms with Gasteiger partial charge >= 0.3 is 0 Å². The van der Waals surface area contributed by atoms with Crippen LogP contribution in [-0.4, -0.2) is 22.7 Å². The summed E-state index contributed by atoms with van der Waals surface area (Å²) in [4.78, 5) is 4.63. The molecule has 2 atom stereocenters. The lowest BCUT2D eigenvalue weighted by molar-refractivity contribution is 0.265. The molecule has 0 amide bonds. The number of benzene rings is 1. The SMILES string of the molecule is CCNC1CCCCC1c1nc(-c2ccc(Br)cc2)no1. The van der Waals surface area contributed by atoms with E-state index in [0.717, 1.165) is 28.9 Å². The van der Waals surface area contributed by atoms with E-state index in [4.69, 9.17) is 4.52 Å². The molecule has 1 fully saturated rings. The van der Waals surface area contributed by atoms with Crippen molar-refractivity contribution in [3.8, 4) is 11.4 Å². The van der Waals surface area contributed by atoms with Gasteiger partial charge in [-0.15, -0.1) is 0 Å². The molecule has 1 aromatic heterocycles. The highest BCUT2D eigenvalue weighted by atomic mass is 79.9. The molecule has 0 bridgehead atoms. The molecule has 2 aromatic rings. The molecule has 2 unspecified atom stereocenters. The summed E-state index contributed by atoms with van der Waals surface area (Å²) in [5, 5.41) is 7.71. The van der Waals surface area contributed by atoms with Crippen molar-refractivity contribution in [1.82, 2.24) is 15.5 Å². The van der Waals surface area contributed by atoms with E-state index in [1.807, 2.05) is 24.3 Å². The first-order valence-electron chi connectivity index (χ1n) is 7.61. The third-order valence-corrected chi connectivity index (χ3v) is 4.62. The van der Waals surface area contributed by atoms with Crippen molar-refractivity contribution >= 4 is 15.9 Å².